The Morgan fingerprint density at radius 1 is 1.32 bits per heavy atom. The maximum Gasteiger partial charge on any atom is 0.240 e. The number of sulfonamides is 1. The van der Waals surface area contributed by atoms with Crippen molar-refractivity contribution in [1.29, 1.82) is 0 Å². The number of hydrogen-bond donors (Lipinski definition) is 3. The van der Waals surface area contributed by atoms with Gasteiger partial charge in [0.1, 0.15) is 0 Å². The van der Waals surface area contributed by atoms with Gasteiger partial charge in [-0.2, -0.15) is 0 Å². The Kier molecular flexibility index (Phi) is 8.30. The average Bonchev–Trinajstić information content (AvgIpc) is 2.56. The lowest BCUT2D eigenvalue weighted by Crippen LogP contribution is -2.46. The van der Waals surface area contributed by atoms with Crippen molar-refractivity contribution < 1.29 is 13.2 Å². The van der Waals surface area contributed by atoms with Gasteiger partial charge in [-0.1, -0.05) is 6.07 Å². The summed E-state index contributed by atoms with van der Waals surface area (Å²) in [7, 11) is -0.241. The van der Waals surface area contributed by atoms with Crippen LogP contribution in [-0.4, -0.2) is 59.0 Å². The third-order valence-electron chi connectivity index (χ3n) is 4.31. The van der Waals surface area contributed by atoms with Gasteiger partial charge in [0, 0.05) is 18.3 Å². The highest BCUT2D eigenvalue weighted by molar-refractivity contribution is 7.89. The summed E-state index contributed by atoms with van der Waals surface area (Å²) in [6.07, 6.45) is 2.19. The van der Waals surface area contributed by atoms with Gasteiger partial charge >= 0.3 is 0 Å². The lowest BCUT2D eigenvalue weighted by molar-refractivity contribution is -0.117. The topological polar surface area (TPSA) is 90.5 Å². The summed E-state index contributed by atoms with van der Waals surface area (Å²) in [5.74, 6) is -0.136. The van der Waals surface area contributed by atoms with Crippen LogP contribution in [0, 0.1) is 6.92 Å². The molecular weight excluding hydrogens is 364 g/mol. The highest BCUT2D eigenvalue weighted by Gasteiger charge is 2.21. The Bertz CT molecular complexity index is 697. The summed E-state index contributed by atoms with van der Waals surface area (Å²) in [5, 5.41) is 6.04. The minimum atomic E-state index is -3.55. The van der Waals surface area contributed by atoms with Crippen LogP contribution in [0.4, 0.5) is 5.69 Å². The predicted octanol–water partition coefficient (Wildman–Crippen LogP) is 0.947. The van der Waals surface area contributed by atoms with Gasteiger partial charge < -0.3 is 10.6 Å². The molecule has 1 aliphatic heterocycles. The number of aryl methyl sites for hydroxylation is 1. The molecule has 3 N–H and O–H groups in total. The molecule has 1 atom stereocenters. The molecule has 7 nitrogen and oxygen atoms in total. The van der Waals surface area contributed by atoms with E-state index in [4.69, 9.17) is 0 Å². The summed E-state index contributed by atoms with van der Waals surface area (Å²) in [4.78, 5) is 14.5. The monoisotopic (exact) mass is 390 g/mol. The summed E-state index contributed by atoms with van der Waals surface area (Å²) < 4.78 is 26.3. The number of benzene rings is 1. The van der Waals surface area contributed by atoms with Crippen LogP contribution in [0.15, 0.2) is 23.1 Å². The lowest BCUT2D eigenvalue weighted by atomic mass is 10.1. The van der Waals surface area contributed by atoms with Gasteiger partial charge in [-0.05, 0) is 58.1 Å². The first kappa shape index (κ1) is 21.9. The number of halogens is 1. The number of carbonyl (C=O) groups is 1. The van der Waals surface area contributed by atoms with E-state index in [1.54, 1.807) is 19.1 Å². The summed E-state index contributed by atoms with van der Waals surface area (Å²) in [6, 6.07) is 5.32. The number of amides is 1. The third-order valence-corrected chi connectivity index (χ3v) is 5.87. The van der Waals surface area contributed by atoms with Gasteiger partial charge in [-0.25, -0.2) is 13.1 Å². The lowest BCUT2D eigenvalue weighted by Gasteiger charge is -2.31. The van der Waals surface area contributed by atoms with Crippen LogP contribution in [0.1, 0.15) is 18.4 Å². The molecule has 0 spiro atoms. The zero-order valence-corrected chi connectivity index (χ0v) is 16.5. The Labute approximate surface area is 156 Å². The quantitative estimate of drug-likeness (QED) is 0.672. The van der Waals surface area contributed by atoms with E-state index in [-0.39, 0.29) is 23.2 Å². The molecule has 25 heavy (non-hydrogen) atoms. The fourth-order valence-corrected chi connectivity index (χ4v) is 3.91. The van der Waals surface area contributed by atoms with E-state index in [2.05, 4.69) is 20.3 Å². The van der Waals surface area contributed by atoms with Gasteiger partial charge in [0.2, 0.25) is 15.9 Å². The van der Waals surface area contributed by atoms with E-state index in [1.165, 1.54) is 13.1 Å². The van der Waals surface area contributed by atoms with Crippen molar-refractivity contribution >= 4 is 34.0 Å². The second kappa shape index (κ2) is 9.49. The van der Waals surface area contributed by atoms with Crippen molar-refractivity contribution in [2.45, 2.75) is 30.7 Å². The summed E-state index contributed by atoms with van der Waals surface area (Å²) in [6.45, 7) is 3.78. The van der Waals surface area contributed by atoms with Gasteiger partial charge in [-0.15, -0.1) is 12.4 Å². The second-order valence-corrected chi connectivity index (χ2v) is 7.95. The van der Waals surface area contributed by atoms with Crippen LogP contribution in [-0.2, 0) is 14.8 Å². The highest BCUT2D eigenvalue weighted by Crippen LogP contribution is 2.20. The van der Waals surface area contributed by atoms with Crippen molar-refractivity contribution in [3.05, 3.63) is 23.8 Å². The molecule has 1 fully saturated rings. The molecule has 1 amide bonds. The van der Waals surface area contributed by atoms with Crippen molar-refractivity contribution in [2.24, 2.45) is 0 Å². The molecule has 1 aromatic rings. The van der Waals surface area contributed by atoms with E-state index in [0.717, 1.165) is 25.9 Å². The van der Waals surface area contributed by atoms with Gasteiger partial charge in [0.25, 0.3) is 0 Å². The van der Waals surface area contributed by atoms with Gasteiger partial charge in [-0.3, -0.25) is 9.69 Å². The first-order chi connectivity index (χ1) is 11.4. The molecule has 9 heteroatoms. The Balaban J connectivity index is 0.00000312. The molecule has 1 unspecified atom stereocenters. The summed E-state index contributed by atoms with van der Waals surface area (Å²) in [5.41, 5.74) is 1.12. The molecule has 1 aromatic carbocycles. The van der Waals surface area contributed by atoms with Crippen LogP contribution in [0.5, 0.6) is 0 Å². The van der Waals surface area contributed by atoms with Crippen molar-refractivity contribution in [1.82, 2.24) is 14.9 Å². The van der Waals surface area contributed by atoms with Crippen LogP contribution in [0.2, 0.25) is 0 Å². The van der Waals surface area contributed by atoms with Gasteiger partial charge in [0.15, 0.2) is 0 Å². The number of anilines is 1. The SMILES string of the molecule is CNC1CCCN(CC(=O)Nc2ccc(C)c(S(=O)(=O)NC)c2)C1.Cl. The number of piperidine rings is 1. The van der Waals surface area contributed by atoms with Crippen molar-refractivity contribution in [3.63, 3.8) is 0 Å². The minimum Gasteiger partial charge on any atom is -0.325 e. The van der Waals surface area contributed by atoms with E-state index in [9.17, 15) is 13.2 Å². The molecule has 0 aromatic heterocycles. The molecular formula is C16H27ClN4O3S. The molecule has 1 aliphatic rings. The Morgan fingerprint density at radius 3 is 2.68 bits per heavy atom. The van der Waals surface area contributed by atoms with E-state index < -0.39 is 10.0 Å². The summed E-state index contributed by atoms with van der Waals surface area (Å²) >= 11 is 0. The number of nitrogens with one attached hydrogen (secondary N) is 3. The van der Waals surface area contributed by atoms with Gasteiger partial charge in [0.05, 0.1) is 11.4 Å². The standard InChI is InChI=1S/C16H26N4O3S.ClH/c1-12-6-7-13(9-15(12)24(22,23)18-3)19-16(21)11-20-8-4-5-14(10-20)17-2;/h6-7,9,14,17-18H,4-5,8,10-11H2,1-3H3,(H,19,21);1H. The van der Waals surface area contributed by atoms with Crippen LogP contribution < -0.4 is 15.4 Å². The number of carbonyl (C=O) groups excluding carboxylic acids is 1. The minimum absolute atomic E-state index is 0. The number of rotatable bonds is 6. The Hall–Kier alpha value is -1.19. The largest absolute Gasteiger partial charge is 0.325 e. The predicted molar refractivity (Wildman–Crippen MR) is 102 cm³/mol. The van der Waals surface area contributed by atoms with E-state index in [1.807, 2.05) is 7.05 Å². The number of hydrogen-bond acceptors (Lipinski definition) is 5. The number of nitrogens with zero attached hydrogens (tertiary/aromatic N) is 1. The maximum atomic E-state index is 12.3. The first-order valence-corrected chi connectivity index (χ1v) is 9.57. The first-order valence-electron chi connectivity index (χ1n) is 8.09. The van der Waals surface area contributed by atoms with Crippen LogP contribution >= 0.6 is 12.4 Å². The zero-order valence-electron chi connectivity index (χ0n) is 14.8. The van der Waals surface area contributed by atoms with Crippen molar-refractivity contribution in [3.8, 4) is 0 Å². The fourth-order valence-electron chi connectivity index (χ4n) is 2.92. The number of likely N-dealkylation sites (tertiary alicyclic amines) is 1. The molecule has 2 rings (SSSR count). The van der Waals surface area contributed by atoms with Crippen LogP contribution in [0.3, 0.4) is 0 Å². The zero-order chi connectivity index (χ0) is 17.7. The Morgan fingerprint density at radius 2 is 2.04 bits per heavy atom. The molecule has 0 aliphatic carbocycles. The molecule has 0 bridgehead atoms. The molecule has 0 radical (unpaired) electrons. The fraction of sp³-hybridized carbons (Fsp3) is 0.562. The molecule has 1 saturated heterocycles. The van der Waals surface area contributed by atoms with Crippen molar-refractivity contribution in [2.75, 3.05) is 39.0 Å². The smallest absolute Gasteiger partial charge is 0.240 e. The molecule has 0 saturated carbocycles. The normalized spacial score (nSPS) is 18.4. The maximum absolute atomic E-state index is 12.3. The van der Waals surface area contributed by atoms with Crippen LogP contribution in [0.25, 0.3) is 0 Å². The molecule has 1 heterocycles. The average molecular weight is 391 g/mol. The second-order valence-electron chi connectivity index (χ2n) is 6.10. The highest BCUT2D eigenvalue weighted by atomic mass is 35.5. The van der Waals surface area contributed by atoms with E-state index >= 15 is 0 Å². The third kappa shape index (κ3) is 5.93. The van der Waals surface area contributed by atoms with E-state index in [0.29, 0.717) is 23.8 Å². The number of likely N-dealkylation sites (N-methyl/N-ethyl adjacent to an activating group) is 1. The molecule has 142 valence electrons.